The van der Waals surface area contributed by atoms with Gasteiger partial charge in [0.05, 0.1) is 35.8 Å². The van der Waals surface area contributed by atoms with Crippen molar-refractivity contribution in [1.82, 2.24) is 24.5 Å². The van der Waals surface area contributed by atoms with Crippen molar-refractivity contribution >= 4 is 11.7 Å². The maximum absolute atomic E-state index is 10.6. The fourth-order valence-corrected chi connectivity index (χ4v) is 3.91. The van der Waals surface area contributed by atoms with Crippen LogP contribution >= 0.6 is 0 Å². The van der Waals surface area contributed by atoms with Gasteiger partial charge in [-0.15, -0.1) is 0 Å². The van der Waals surface area contributed by atoms with Crippen molar-refractivity contribution in [2.45, 2.75) is 43.6 Å². The lowest BCUT2D eigenvalue weighted by Crippen LogP contribution is -2.44. The van der Waals surface area contributed by atoms with Crippen LogP contribution in [0.4, 0.5) is 18.9 Å². The largest absolute Gasteiger partial charge is 0.490 e. The van der Waals surface area contributed by atoms with Crippen molar-refractivity contribution < 1.29 is 27.8 Å². The van der Waals surface area contributed by atoms with E-state index in [1.807, 2.05) is 42.0 Å². The number of hydrogen-bond donors (Lipinski definition) is 2. The van der Waals surface area contributed by atoms with Gasteiger partial charge in [0.25, 0.3) is 0 Å². The summed E-state index contributed by atoms with van der Waals surface area (Å²) in [5, 5.41) is 19.4. The molecule has 1 atom stereocenters. The van der Waals surface area contributed by atoms with Crippen LogP contribution < -0.4 is 5.32 Å². The number of carboxylic acids is 1. The highest BCUT2D eigenvalue weighted by atomic mass is 19.4. The van der Waals surface area contributed by atoms with Gasteiger partial charge in [-0.05, 0) is 25.3 Å². The summed E-state index contributed by atoms with van der Waals surface area (Å²) < 4.78 is 41.7. The smallest absolute Gasteiger partial charge is 0.475 e. The van der Waals surface area contributed by atoms with Gasteiger partial charge < -0.3 is 15.2 Å². The van der Waals surface area contributed by atoms with Gasteiger partial charge in [-0.1, -0.05) is 0 Å². The molecule has 31 heavy (non-hydrogen) atoms. The van der Waals surface area contributed by atoms with E-state index >= 15 is 0 Å². The fraction of sp³-hybridized carbons (Fsp3) is 0.632. The molecule has 2 aromatic heterocycles. The molecule has 4 heterocycles. The fourth-order valence-electron chi connectivity index (χ4n) is 3.91. The second-order valence-corrected chi connectivity index (χ2v) is 8.00. The number of halogens is 3. The number of likely N-dealkylation sites (tertiary alicyclic amines) is 1. The van der Waals surface area contributed by atoms with Gasteiger partial charge in [-0.2, -0.15) is 23.4 Å². The molecule has 1 spiro atoms. The number of aliphatic carboxylic acids is 1. The van der Waals surface area contributed by atoms with Gasteiger partial charge in [0.2, 0.25) is 0 Å². The topological polar surface area (TPSA) is 97.4 Å². The summed E-state index contributed by atoms with van der Waals surface area (Å²) in [4.78, 5) is 11.4. The minimum atomic E-state index is -5.08. The van der Waals surface area contributed by atoms with Crippen molar-refractivity contribution in [2.75, 3.05) is 25.0 Å². The van der Waals surface area contributed by atoms with E-state index in [4.69, 9.17) is 14.6 Å². The van der Waals surface area contributed by atoms with Crippen molar-refractivity contribution in [3.05, 3.63) is 30.4 Å². The van der Waals surface area contributed by atoms with E-state index in [1.54, 1.807) is 0 Å². The van der Waals surface area contributed by atoms with Crippen LogP contribution in [0.1, 0.15) is 25.0 Å². The van der Waals surface area contributed by atoms with E-state index in [2.05, 4.69) is 26.5 Å². The third kappa shape index (κ3) is 6.44. The first kappa shape index (κ1) is 23.1. The second-order valence-electron chi connectivity index (χ2n) is 8.00. The van der Waals surface area contributed by atoms with Crippen LogP contribution in [-0.2, 0) is 30.2 Å². The lowest BCUT2D eigenvalue weighted by Gasteiger charge is -2.38. The summed E-state index contributed by atoms with van der Waals surface area (Å²) in [6.45, 7) is 3.88. The zero-order chi connectivity index (χ0) is 22.6. The lowest BCUT2D eigenvalue weighted by molar-refractivity contribution is -0.192. The van der Waals surface area contributed by atoms with Crippen LogP contribution in [0.25, 0.3) is 0 Å². The van der Waals surface area contributed by atoms with Gasteiger partial charge in [0, 0.05) is 46.1 Å². The molecular formula is C19H27F3N6O3. The summed E-state index contributed by atoms with van der Waals surface area (Å²) >= 11 is 0. The van der Waals surface area contributed by atoms with Gasteiger partial charge >= 0.3 is 12.1 Å². The quantitative estimate of drug-likeness (QED) is 0.745. The Kier molecular flexibility index (Phi) is 6.90. The summed E-state index contributed by atoms with van der Waals surface area (Å²) in [7, 11) is 3.91. The zero-order valence-corrected chi connectivity index (χ0v) is 17.5. The molecule has 2 N–H and O–H groups in total. The highest BCUT2D eigenvalue weighted by Crippen LogP contribution is 2.37. The number of carboxylic acid groups (broad SMARTS) is 1. The molecule has 2 aromatic rings. The second kappa shape index (κ2) is 9.27. The number of carbonyl (C=O) groups is 1. The average Bonchev–Trinajstić information content (AvgIpc) is 3.39. The third-order valence-electron chi connectivity index (χ3n) is 5.45. The number of rotatable bonds is 4. The highest BCUT2D eigenvalue weighted by molar-refractivity contribution is 5.73. The number of nitrogens with one attached hydrogen (secondary N) is 1. The Morgan fingerprint density at radius 1 is 1.32 bits per heavy atom. The maximum atomic E-state index is 10.6. The predicted molar refractivity (Wildman–Crippen MR) is 105 cm³/mol. The zero-order valence-electron chi connectivity index (χ0n) is 17.5. The molecule has 0 radical (unpaired) electrons. The molecule has 4 rings (SSSR count). The van der Waals surface area contributed by atoms with Crippen molar-refractivity contribution in [2.24, 2.45) is 14.1 Å². The predicted octanol–water partition coefficient (Wildman–Crippen LogP) is 2.02. The van der Waals surface area contributed by atoms with Gasteiger partial charge in [0.15, 0.2) is 0 Å². The van der Waals surface area contributed by atoms with E-state index in [1.165, 1.54) is 0 Å². The molecule has 0 amide bonds. The number of nitrogens with zero attached hydrogens (tertiary/aromatic N) is 5. The van der Waals surface area contributed by atoms with Crippen LogP contribution in [-0.4, -0.2) is 73.1 Å². The standard InChI is InChI=1S/C17H26N6O.C2HF3O2/c1-21-6-3-14(20-21)12-23-7-4-17(5-8-23)9-15(13-24-17)19-16-10-18-22(2)11-16;3-2(4,5)1(6)7/h3,6,10-11,15,19H,4-5,7-9,12-13H2,1-2H3;(H,6,7). The van der Waals surface area contributed by atoms with Gasteiger partial charge in [0.1, 0.15) is 0 Å². The van der Waals surface area contributed by atoms with Crippen molar-refractivity contribution in [1.29, 1.82) is 0 Å². The minimum absolute atomic E-state index is 0.0560. The number of aromatic nitrogens is 4. The van der Waals surface area contributed by atoms with E-state index in [0.717, 1.165) is 56.9 Å². The first-order valence-electron chi connectivity index (χ1n) is 9.95. The molecule has 2 saturated heterocycles. The highest BCUT2D eigenvalue weighted by Gasteiger charge is 2.42. The minimum Gasteiger partial charge on any atom is -0.475 e. The van der Waals surface area contributed by atoms with Gasteiger partial charge in [-0.25, -0.2) is 4.79 Å². The normalized spacial score (nSPS) is 21.0. The Labute approximate surface area is 177 Å². The molecule has 9 nitrogen and oxygen atoms in total. The Hall–Kier alpha value is -2.60. The molecule has 2 aliphatic rings. The summed E-state index contributed by atoms with van der Waals surface area (Å²) in [6, 6.07) is 2.49. The Morgan fingerprint density at radius 3 is 2.52 bits per heavy atom. The summed E-state index contributed by atoms with van der Waals surface area (Å²) in [6.07, 6.45) is 4.10. The van der Waals surface area contributed by atoms with Crippen LogP contribution in [0.3, 0.4) is 0 Å². The first-order chi connectivity index (χ1) is 14.5. The van der Waals surface area contributed by atoms with E-state index in [0.29, 0.717) is 6.04 Å². The average molecular weight is 444 g/mol. The van der Waals surface area contributed by atoms with Crippen molar-refractivity contribution in [3.63, 3.8) is 0 Å². The van der Waals surface area contributed by atoms with Crippen LogP contribution in [0.15, 0.2) is 24.7 Å². The molecule has 2 aliphatic heterocycles. The van der Waals surface area contributed by atoms with E-state index in [9.17, 15) is 13.2 Å². The molecule has 1 unspecified atom stereocenters. The van der Waals surface area contributed by atoms with E-state index < -0.39 is 12.1 Å². The molecule has 0 aliphatic carbocycles. The number of aryl methyl sites for hydroxylation is 2. The summed E-state index contributed by atoms with van der Waals surface area (Å²) in [5.74, 6) is -2.76. The molecule has 0 saturated carbocycles. The molecule has 0 aromatic carbocycles. The number of ether oxygens (including phenoxy) is 1. The Balaban J connectivity index is 0.000000339. The first-order valence-corrected chi connectivity index (χ1v) is 9.95. The van der Waals surface area contributed by atoms with Gasteiger partial charge in [-0.3, -0.25) is 14.3 Å². The maximum Gasteiger partial charge on any atom is 0.490 e. The number of alkyl halides is 3. The molecule has 172 valence electrons. The number of piperidine rings is 1. The third-order valence-corrected chi connectivity index (χ3v) is 5.45. The Bertz CT molecular complexity index is 873. The molecule has 12 heteroatoms. The van der Waals surface area contributed by atoms with E-state index in [-0.39, 0.29) is 5.60 Å². The lowest BCUT2D eigenvalue weighted by atomic mass is 9.87. The number of anilines is 1. The Morgan fingerprint density at radius 2 is 2.00 bits per heavy atom. The van der Waals surface area contributed by atoms with Crippen LogP contribution in [0.5, 0.6) is 0 Å². The molecular weight excluding hydrogens is 417 g/mol. The van der Waals surface area contributed by atoms with Crippen LogP contribution in [0, 0.1) is 0 Å². The summed E-state index contributed by atoms with van der Waals surface area (Å²) in [5.41, 5.74) is 2.29. The van der Waals surface area contributed by atoms with Crippen LogP contribution in [0.2, 0.25) is 0 Å². The monoisotopic (exact) mass is 444 g/mol. The van der Waals surface area contributed by atoms with Crippen molar-refractivity contribution in [3.8, 4) is 0 Å². The molecule has 2 fully saturated rings. The SMILES string of the molecule is Cn1cc(NC2COC3(CCN(Cc4ccn(C)n4)CC3)C2)cn1.O=C(O)C(F)(F)F. The molecule has 0 bridgehead atoms. The number of hydrogen-bond acceptors (Lipinski definition) is 6.